The van der Waals surface area contributed by atoms with E-state index in [1.807, 2.05) is 19.1 Å². The van der Waals surface area contributed by atoms with E-state index in [2.05, 4.69) is 17.1 Å². The predicted molar refractivity (Wildman–Crippen MR) is 81.9 cm³/mol. The average Bonchev–Trinajstić information content (AvgIpc) is 3.05. The lowest BCUT2D eigenvalue weighted by molar-refractivity contribution is -0.139. The minimum Gasteiger partial charge on any atom is -0.464 e. The van der Waals surface area contributed by atoms with Crippen LogP contribution in [0.2, 0.25) is 0 Å². The van der Waals surface area contributed by atoms with Gasteiger partial charge >= 0.3 is 0 Å². The molecule has 1 N–H and O–H groups in total. The molecule has 1 amide bonds. The summed E-state index contributed by atoms with van der Waals surface area (Å²) in [6, 6.07) is 4.38. The van der Waals surface area contributed by atoms with Crippen LogP contribution in [0.25, 0.3) is 0 Å². The molecule has 116 valence electrons. The van der Waals surface area contributed by atoms with E-state index in [0.717, 1.165) is 56.6 Å². The molecule has 2 heterocycles. The van der Waals surface area contributed by atoms with Gasteiger partial charge in [0.15, 0.2) is 0 Å². The number of hydrogen-bond donors (Lipinski definition) is 1. The van der Waals surface area contributed by atoms with Crippen molar-refractivity contribution in [2.75, 3.05) is 6.54 Å². The zero-order valence-corrected chi connectivity index (χ0v) is 13.2. The lowest BCUT2D eigenvalue weighted by atomic mass is 9.90. The number of carbonyl (C=O) groups is 1. The first-order chi connectivity index (χ1) is 10.1. The van der Waals surface area contributed by atoms with Gasteiger partial charge in [0.2, 0.25) is 5.91 Å². The highest BCUT2D eigenvalue weighted by molar-refractivity contribution is 5.87. The summed E-state index contributed by atoms with van der Waals surface area (Å²) < 4.78 is 5.68. The summed E-state index contributed by atoms with van der Waals surface area (Å²) in [6.45, 7) is 5.69. The zero-order chi connectivity index (χ0) is 14.9. The van der Waals surface area contributed by atoms with Gasteiger partial charge in [-0.25, -0.2) is 0 Å². The molecular weight excluding hydrogens is 264 g/mol. The van der Waals surface area contributed by atoms with Crippen LogP contribution in [0, 0.1) is 6.92 Å². The van der Waals surface area contributed by atoms with Crippen molar-refractivity contribution in [3.8, 4) is 0 Å². The fourth-order valence-electron chi connectivity index (χ4n) is 3.50. The minimum absolute atomic E-state index is 0.290. The van der Waals surface area contributed by atoms with Gasteiger partial charge in [0.05, 0.1) is 12.1 Å². The third kappa shape index (κ3) is 3.00. The van der Waals surface area contributed by atoms with Crippen LogP contribution in [0.4, 0.5) is 0 Å². The monoisotopic (exact) mass is 290 g/mol. The van der Waals surface area contributed by atoms with Gasteiger partial charge in [-0.15, -0.1) is 0 Å². The fraction of sp³-hybridized carbons (Fsp3) is 0.706. The lowest BCUT2D eigenvalue weighted by Gasteiger charge is -2.34. The van der Waals surface area contributed by atoms with Crippen LogP contribution in [-0.4, -0.2) is 28.9 Å². The van der Waals surface area contributed by atoms with E-state index >= 15 is 0 Å². The predicted octanol–water partition coefficient (Wildman–Crippen LogP) is 3.00. The molecule has 2 fully saturated rings. The second-order valence-corrected chi connectivity index (χ2v) is 6.54. The quantitative estimate of drug-likeness (QED) is 0.876. The fourth-order valence-corrected chi connectivity index (χ4v) is 3.50. The van der Waals surface area contributed by atoms with Gasteiger partial charge in [0.25, 0.3) is 0 Å². The number of rotatable bonds is 6. The Hall–Kier alpha value is -1.29. The molecule has 1 saturated heterocycles. The molecule has 1 unspecified atom stereocenters. The second-order valence-electron chi connectivity index (χ2n) is 6.54. The molecule has 0 bridgehead atoms. The number of hydrogen-bond acceptors (Lipinski definition) is 3. The number of furan rings is 1. The Morgan fingerprint density at radius 1 is 1.48 bits per heavy atom. The lowest BCUT2D eigenvalue weighted by Crippen LogP contribution is -2.55. The molecule has 0 aromatic carbocycles. The largest absolute Gasteiger partial charge is 0.464 e. The Kier molecular flexibility index (Phi) is 4.07. The molecule has 1 aliphatic carbocycles. The van der Waals surface area contributed by atoms with E-state index < -0.39 is 0 Å². The van der Waals surface area contributed by atoms with Crippen LogP contribution in [0.5, 0.6) is 0 Å². The third-order valence-electron chi connectivity index (χ3n) is 4.70. The number of aryl methyl sites for hydroxylation is 1. The molecule has 2 aliphatic rings. The van der Waals surface area contributed by atoms with E-state index in [9.17, 15) is 4.79 Å². The van der Waals surface area contributed by atoms with E-state index in [-0.39, 0.29) is 5.54 Å². The van der Waals surface area contributed by atoms with Gasteiger partial charge < -0.3 is 14.6 Å². The summed E-state index contributed by atoms with van der Waals surface area (Å²) in [5.41, 5.74) is -0.320. The maximum atomic E-state index is 13.2. The Labute approximate surface area is 126 Å². The second kappa shape index (κ2) is 5.84. The van der Waals surface area contributed by atoms with Crippen molar-refractivity contribution in [1.82, 2.24) is 10.2 Å². The summed E-state index contributed by atoms with van der Waals surface area (Å²) in [5.74, 6) is 2.10. The maximum absolute atomic E-state index is 13.2. The van der Waals surface area contributed by atoms with Crippen molar-refractivity contribution >= 4 is 5.91 Å². The van der Waals surface area contributed by atoms with Crippen LogP contribution in [0.1, 0.15) is 57.0 Å². The molecular formula is C17H26N2O2. The summed E-state index contributed by atoms with van der Waals surface area (Å²) in [5, 5.41) is 3.50. The van der Waals surface area contributed by atoms with E-state index in [0.29, 0.717) is 18.5 Å². The van der Waals surface area contributed by atoms with Gasteiger partial charge in [-0.3, -0.25) is 4.79 Å². The van der Waals surface area contributed by atoms with Crippen molar-refractivity contribution in [2.45, 2.75) is 70.5 Å². The topological polar surface area (TPSA) is 45.5 Å². The molecule has 4 heteroatoms. The molecule has 0 radical (unpaired) electrons. The van der Waals surface area contributed by atoms with Gasteiger partial charge in [-0.2, -0.15) is 0 Å². The summed E-state index contributed by atoms with van der Waals surface area (Å²) in [6.07, 6.45) is 6.31. The normalized spacial score (nSPS) is 25.2. The summed E-state index contributed by atoms with van der Waals surface area (Å²) >= 11 is 0. The van der Waals surface area contributed by atoms with Crippen molar-refractivity contribution < 1.29 is 9.21 Å². The van der Waals surface area contributed by atoms with Crippen LogP contribution in [-0.2, 0) is 11.3 Å². The summed E-state index contributed by atoms with van der Waals surface area (Å²) in [4.78, 5) is 15.2. The van der Waals surface area contributed by atoms with Crippen LogP contribution >= 0.6 is 0 Å². The van der Waals surface area contributed by atoms with Gasteiger partial charge in [0.1, 0.15) is 11.5 Å². The van der Waals surface area contributed by atoms with Crippen molar-refractivity contribution in [3.05, 3.63) is 23.7 Å². The Morgan fingerprint density at radius 2 is 2.29 bits per heavy atom. The summed E-state index contributed by atoms with van der Waals surface area (Å²) in [7, 11) is 0. The van der Waals surface area contributed by atoms with Crippen molar-refractivity contribution in [1.29, 1.82) is 0 Å². The molecule has 4 nitrogen and oxygen atoms in total. The number of carbonyl (C=O) groups excluding carboxylic acids is 1. The zero-order valence-electron chi connectivity index (χ0n) is 13.2. The highest BCUT2D eigenvalue weighted by Crippen LogP contribution is 2.34. The first-order valence-electron chi connectivity index (χ1n) is 8.26. The smallest absolute Gasteiger partial charge is 0.243 e. The van der Waals surface area contributed by atoms with Crippen LogP contribution < -0.4 is 5.32 Å². The Balaban J connectivity index is 1.77. The Morgan fingerprint density at radius 3 is 2.81 bits per heavy atom. The van der Waals surface area contributed by atoms with Gasteiger partial charge in [-0.05, 0) is 57.7 Å². The van der Waals surface area contributed by atoms with Gasteiger partial charge in [0, 0.05) is 6.04 Å². The highest BCUT2D eigenvalue weighted by Gasteiger charge is 2.46. The van der Waals surface area contributed by atoms with Crippen LogP contribution in [0.15, 0.2) is 16.5 Å². The van der Waals surface area contributed by atoms with E-state index in [4.69, 9.17) is 4.42 Å². The SMILES string of the molecule is CCCC1(C(=O)N(Cc2ccc(C)o2)C2CC2)CCCN1. The Bertz CT molecular complexity index is 499. The highest BCUT2D eigenvalue weighted by atomic mass is 16.3. The molecule has 1 aromatic rings. The average molecular weight is 290 g/mol. The van der Waals surface area contributed by atoms with Crippen molar-refractivity contribution in [3.63, 3.8) is 0 Å². The first kappa shape index (κ1) is 14.6. The van der Waals surface area contributed by atoms with Gasteiger partial charge in [-0.1, -0.05) is 13.3 Å². The van der Waals surface area contributed by atoms with Crippen LogP contribution in [0.3, 0.4) is 0 Å². The number of nitrogens with one attached hydrogen (secondary N) is 1. The third-order valence-corrected chi connectivity index (χ3v) is 4.70. The molecule has 1 saturated carbocycles. The molecule has 1 aromatic heterocycles. The molecule has 1 atom stereocenters. The first-order valence-corrected chi connectivity index (χ1v) is 8.26. The maximum Gasteiger partial charge on any atom is 0.243 e. The number of nitrogens with zero attached hydrogens (tertiary/aromatic N) is 1. The van der Waals surface area contributed by atoms with Crippen molar-refractivity contribution in [2.24, 2.45) is 0 Å². The minimum atomic E-state index is -0.320. The molecule has 0 spiro atoms. The van der Waals surface area contributed by atoms with E-state index in [1.54, 1.807) is 0 Å². The number of amides is 1. The molecule has 21 heavy (non-hydrogen) atoms. The molecule has 3 rings (SSSR count). The van der Waals surface area contributed by atoms with E-state index in [1.165, 1.54) is 0 Å². The molecule has 1 aliphatic heterocycles. The standard InChI is InChI=1S/C17H26N2O2/c1-3-9-17(10-4-11-18-17)16(20)19(14-6-7-14)12-15-8-5-13(2)21-15/h5,8,14,18H,3-4,6-7,9-12H2,1-2H3.